The summed E-state index contributed by atoms with van der Waals surface area (Å²) in [6, 6.07) is 0. The van der Waals surface area contributed by atoms with Gasteiger partial charge in [0, 0.05) is 11.5 Å². The van der Waals surface area contributed by atoms with Crippen LogP contribution in [0.15, 0.2) is 11.9 Å². The molecule has 0 amide bonds. The Bertz CT molecular complexity index is 221. The van der Waals surface area contributed by atoms with Crippen molar-refractivity contribution in [3.63, 3.8) is 0 Å². The first kappa shape index (κ1) is 11.7. The number of alkyl halides is 3. The molecule has 0 aliphatic carbocycles. The van der Waals surface area contributed by atoms with Crippen LogP contribution in [0.2, 0.25) is 0 Å². The van der Waals surface area contributed by atoms with Crippen LogP contribution >= 0.6 is 7.37 Å². The molecule has 1 N–H and O–H groups in total. The number of hydrogen-bond acceptors (Lipinski definition) is 1. The van der Waals surface area contributed by atoms with Crippen molar-refractivity contribution in [1.82, 2.24) is 0 Å². The number of halogens is 3. The standard InChI is InChI=1S/C6H10F3O2P/c1-3-12(10,11)5(2)4-6(7,8)9/h2-4H2,1H3,(H,10,11). The summed E-state index contributed by atoms with van der Waals surface area (Å²) in [4.78, 5) is 8.91. The van der Waals surface area contributed by atoms with E-state index in [1.54, 1.807) is 0 Å². The maximum Gasteiger partial charge on any atom is 0.393 e. The van der Waals surface area contributed by atoms with E-state index in [4.69, 9.17) is 4.89 Å². The molecule has 0 saturated carbocycles. The Kier molecular flexibility index (Phi) is 3.54. The molecule has 0 heterocycles. The smallest absolute Gasteiger partial charge is 0.341 e. The molecular formula is C6H10F3O2P. The van der Waals surface area contributed by atoms with Crippen molar-refractivity contribution in [2.45, 2.75) is 19.5 Å². The predicted molar refractivity (Wildman–Crippen MR) is 40.2 cm³/mol. The summed E-state index contributed by atoms with van der Waals surface area (Å²) < 4.78 is 46.0. The van der Waals surface area contributed by atoms with Gasteiger partial charge in [0.25, 0.3) is 0 Å². The van der Waals surface area contributed by atoms with Gasteiger partial charge in [0.15, 0.2) is 0 Å². The minimum atomic E-state index is -4.45. The number of allylic oxidation sites excluding steroid dienone is 1. The number of hydrogen-bond donors (Lipinski definition) is 1. The first-order chi connectivity index (χ1) is 5.19. The van der Waals surface area contributed by atoms with Crippen molar-refractivity contribution in [2.75, 3.05) is 6.16 Å². The van der Waals surface area contributed by atoms with Crippen molar-refractivity contribution >= 4 is 7.37 Å². The summed E-state index contributed by atoms with van der Waals surface area (Å²) in [5.41, 5.74) is 0. The Morgan fingerprint density at radius 1 is 1.58 bits per heavy atom. The van der Waals surface area contributed by atoms with Crippen LogP contribution in [0, 0.1) is 0 Å². The normalized spacial score (nSPS) is 17.1. The lowest BCUT2D eigenvalue weighted by Crippen LogP contribution is -2.08. The van der Waals surface area contributed by atoms with E-state index in [9.17, 15) is 17.7 Å². The molecule has 6 heteroatoms. The van der Waals surface area contributed by atoms with Gasteiger partial charge in [-0.05, 0) is 0 Å². The summed E-state index contributed by atoms with van der Waals surface area (Å²) in [5.74, 6) is 0. The van der Waals surface area contributed by atoms with Crippen molar-refractivity contribution in [2.24, 2.45) is 0 Å². The second-order valence-electron chi connectivity index (χ2n) is 2.38. The van der Waals surface area contributed by atoms with Crippen molar-refractivity contribution < 1.29 is 22.6 Å². The van der Waals surface area contributed by atoms with Crippen LogP contribution in [0.4, 0.5) is 13.2 Å². The molecule has 0 bridgehead atoms. The molecule has 12 heavy (non-hydrogen) atoms. The lowest BCUT2D eigenvalue weighted by molar-refractivity contribution is -0.125. The molecule has 72 valence electrons. The van der Waals surface area contributed by atoms with Crippen LogP contribution in [0.25, 0.3) is 0 Å². The Hall–Kier alpha value is -0.280. The van der Waals surface area contributed by atoms with Gasteiger partial charge in [-0.3, -0.25) is 4.57 Å². The first-order valence-corrected chi connectivity index (χ1v) is 5.10. The first-order valence-electron chi connectivity index (χ1n) is 3.26. The van der Waals surface area contributed by atoms with E-state index in [0.29, 0.717) is 0 Å². The van der Waals surface area contributed by atoms with Crippen molar-refractivity contribution in [3.05, 3.63) is 11.9 Å². The maximum absolute atomic E-state index is 11.7. The Morgan fingerprint density at radius 2 is 2.00 bits per heavy atom. The van der Waals surface area contributed by atoms with E-state index in [0.717, 1.165) is 0 Å². The average molecular weight is 202 g/mol. The fraction of sp³-hybridized carbons (Fsp3) is 0.667. The van der Waals surface area contributed by atoms with E-state index in [2.05, 4.69) is 6.58 Å². The molecule has 0 spiro atoms. The minimum absolute atomic E-state index is 0.206. The third-order valence-electron chi connectivity index (χ3n) is 1.33. The van der Waals surface area contributed by atoms with Gasteiger partial charge in [0.1, 0.15) is 0 Å². The zero-order valence-corrected chi connectivity index (χ0v) is 7.45. The molecule has 1 unspecified atom stereocenters. The molecule has 0 aromatic heterocycles. The molecule has 0 aromatic carbocycles. The zero-order chi connectivity index (χ0) is 9.99. The second kappa shape index (κ2) is 3.62. The molecule has 0 rings (SSSR count). The molecule has 0 aromatic rings. The van der Waals surface area contributed by atoms with E-state index in [1.165, 1.54) is 6.92 Å². The van der Waals surface area contributed by atoms with Gasteiger partial charge in [0.05, 0.1) is 6.42 Å². The molecule has 0 aliphatic rings. The zero-order valence-electron chi connectivity index (χ0n) is 6.56. The molecule has 0 saturated heterocycles. The van der Waals surface area contributed by atoms with Gasteiger partial charge in [0.2, 0.25) is 7.37 Å². The van der Waals surface area contributed by atoms with Crippen LogP contribution < -0.4 is 0 Å². The Morgan fingerprint density at radius 3 is 2.25 bits per heavy atom. The van der Waals surface area contributed by atoms with Gasteiger partial charge in [-0.25, -0.2) is 0 Å². The van der Waals surface area contributed by atoms with Gasteiger partial charge >= 0.3 is 6.18 Å². The second-order valence-corrected chi connectivity index (χ2v) is 5.04. The largest absolute Gasteiger partial charge is 0.393 e. The summed E-state index contributed by atoms with van der Waals surface area (Å²) >= 11 is 0. The minimum Gasteiger partial charge on any atom is -0.341 e. The molecule has 0 fully saturated rings. The fourth-order valence-electron chi connectivity index (χ4n) is 0.579. The molecule has 2 nitrogen and oxygen atoms in total. The van der Waals surface area contributed by atoms with Gasteiger partial charge < -0.3 is 4.89 Å². The SMILES string of the molecule is C=C(CC(F)(F)F)P(=O)(O)CC. The van der Waals surface area contributed by atoms with Gasteiger partial charge in [-0.2, -0.15) is 13.2 Å². The topological polar surface area (TPSA) is 37.3 Å². The lowest BCUT2D eigenvalue weighted by Gasteiger charge is -2.13. The highest BCUT2D eigenvalue weighted by molar-refractivity contribution is 7.62. The molecule has 0 aliphatic heterocycles. The predicted octanol–water partition coefficient (Wildman–Crippen LogP) is 2.74. The van der Waals surface area contributed by atoms with Crippen molar-refractivity contribution in [1.29, 1.82) is 0 Å². The van der Waals surface area contributed by atoms with E-state index in [1.807, 2.05) is 0 Å². The summed E-state index contributed by atoms with van der Waals surface area (Å²) in [5, 5.41) is -0.627. The summed E-state index contributed by atoms with van der Waals surface area (Å²) in [7, 11) is -3.78. The molecule has 0 radical (unpaired) electrons. The van der Waals surface area contributed by atoms with Gasteiger partial charge in [-0.15, -0.1) is 0 Å². The van der Waals surface area contributed by atoms with Crippen LogP contribution in [0.5, 0.6) is 0 Å². The van der Waals surface area contributed by atoms with E-state index < -0.39 is 25.3 Å². The average Bonchev–Trinajstić information content (AvgIpc) is 1.84. The maximum atomic E-state index is 11.7. The van der Waals surface area contributed by atoms with Crippen LogP contribution in [0.1, 0.15) is 13.3 Å². The Balaban J connectivity index is 4.34. The Labute approximate surface area is 68.5 Å². The third-order valence-corrected chi connectivity index (χ3v) is 3.33. The number of rotatable bonds is 3. The van der Waals surface area contributed by atoms with Crippen LogP contribution in [0.3, 0.4) is 0 Å². The quantitative estimate of drug-likeness (QED) is 0.714. The van der Waals surface area contributed by atoms with E-state index in [-0.39, 0.29) is 6.16 Å². The summed E-state index contributed by atoms with van der Waals surface area (Å²) in [6.45, 7) is 4.30. The monoisotopic (exact) mass is 202 g/mol. The molecule has 1 atom stereocenters. The lowest BCUT2D eigenvalue weighted by atomic mass is 10.4. The van der Waals surface area contributed by atoms with Gasteiger partial charge in [-0.1, -0.05) is 13.5 Å². The third kappa shape index (κ3) is 3.93. The summed E-state index contributed by atoms with van der Waals surface area (Å²) in [6.07, 6.45) is -6.04. The highest BCUT2D eigenvalue weighted by Gasteiger charge is 2.33. The van der Waals surface area contributed by atoms with Crippen molar-refractivity contribution in [3.8, 4) is 0 Å². The highest BCUT2D eigenvalue weighted by atomic mass is 31.2. The van der Waals surface area contributed by atoms with Crippen LogP contribution in [-0.4, -0.2) is 17.2 Å². The van der Waals surface area contributed by atoms with Crippen LogP contribution in [-0.2, 0) is 4.57 Å². The molecular weight excluding hydrogens is 192 g/mol. The highest BCUT2D eigenvalue weighted by Crippen LogP contribution is 2.51. The fourth-order valence-corrected chi connectivity index (χ4v) is 1.45. The van der Waals surface area contributed by atoms with E-state index >= 15 is 0 Å².